The molecular weight excluding hydrogens is 233 g/mol. The summed E-state index contributed by atoms with van der Waals surface area (Å²) in [5.41, 5.74) is 7.40. The maximum absolute atomic E-state index is 13.2. The van der Waals surface area contributed by atoms with Crippen molar-refractivity contribution in [2.75, 3.05) is 6.54 Å². The second-order valence-electron chi connectivity index (χ2n) is 3.29. The van der Waals surface area contributed by atoms with Crippen LogP contribution in [0.5, 0.6) is 0 Å². The molecule has 0 aliphatic carbocycles. The molecule has 1 aromatic rings. The average molecular weight is 246 g/mol. The van der Waals surface area contributed by atoms with Gasteiger partial charge in [-0.3, -0.25) is 0 Å². The van der Waals surface area contributed by atoms with Crippen molar-refractivity contribution in [3.05, 3.63) is 33.5 Å². The normalized spacial score (nSPS) is 13.0. The van der Waals surface area contributed by atoms with Gasteiger partial charge in [-0.2, -0.15) is 0 Å². The van der Waals surface area contributed by atoms with E-state index in [0.717, 1.165) is 11.1 Å². The molecule has 1 aromatic carbocycles. The number of hydrogen-bond donors (Lipinski definition) is 1. The maximum atomic E-state index is 13.2. The Hall–Kier alpha value is -0.410. The molecular formula is C10H13BrFN. The molecule has 0 aliphatic heterocycles. The number of aryl methyl sites for hydroxylation is 1. The third-order valence-electron chi connectivity index (χ3n) is 2.09. The molecule has 3 heteroatoms. The SMILES string of the molecule is Cc1cc(F)c(Br)c(C(C)CN)c1. The Bertz CT molecular complexity index is 312. The van der Waals surface area contributed by atoms with Crippen LogP contribution in [0.3, 0.4) is 0 Å². The minimum Gasteiger partial charge on any atom is -0.330 e. The van der Waals surface area contributed by atoms with Gasteiger partial charge in [0.15, 0.2) is 0 Å². The molecule has 1 nitrogen and oxygen atoms in total. The highest BCUT2D eigenvalue weighted by atomic mass is 79.9. The molecule has 1 atom stereocenters. The van der Waals surface area contributed by atoms with Crippen LogP contribution in [0, 0.1) is 12.7 Å². The van der Waals surface area contributed by atoms with Gasteiger partial charge in [-0.1, -0.05) is 13.0 Å². The third-order valence-corrected chi connectivity index (χ3v) is 2.92. The van der Waals surface area contributed by atoms with Gasteiger partial charge < -0.3 is 5.73 Å². The van der Waals surface area contributed by atoms with E-state index in [1.54, 1.807) is 0 Å². The lowest BCUT2D eigenvalue weighted by Gasteiger charge is -2.12. The van der Waals surface area contributed by atoms with Crippen LogP contribution >= 0.6 is 15.9 Å². The molecule has 0 amide bonds. The second-order valence-corrected chi connectivity index (χ2v) is 4.08. The maximum Gasteiger partial charge on any atom is 0.137 e. The number of rotatable bonds is 2. The molecule has 0 fully saturated rings. The quantitative estimate of drug-likeness (QED) is 0.852. The summed E-state index contributed by atoms with van der Waals surface area (Å²) in [5.74, 6) is -0.0286. The van der Waals surface area contributed by atoms with Crippen LogP contribution in [0.4, 0.5) is 4.39 Å². The highest BCUT2D eigenvalue weighted by Gasteiger charge is 2.11. The largest absolute Gasteiger partial charge is 0.330 e. The zero-order valence-electron chi connectivity index (χ0n) is 7.77. The van der Waals surface area contributed by atoms with Crippen molar-refractivity contribution in [1.29, 1.82) is 0 Å². The smallest absolute Gasteiger partial charge is 0.137 e. The Kier molecular flexibility index (Phi) is 3.45. The first-order valence-electron chi connectivity index (χ1n) is 4.22. The van der Waals surface area contributed by atoms with Gasteiger partial charge in [0.1, 0.15) is 5.82 Å². The fraction of sp³-hybridized carbons (Fsp3) is 0.400. The van der Waals surface area contributed by atoms with Crippen molar-refractivity contribution >= 4 is 15.9 Å². The summed E-state index contributed by atoms with van der Waals surface area (Å²) in [6.07, 6.45) is 0. The lowest BCUT2D eigenvalue weighted by Crippen LogP contribution is -2.10. The average Bonchev–Trinajstić information content (AvgIpc) is 2.10. The van der Waals surface area contributed by atoms with Crippen LogP contribution in [-0.2, 0) is 0 Å². The molecule has 1 rings (SSSR count). The summed E-state index contributed by atoms with van der Waals surface area (Å²) in [6.45, 7) is 4.39. The second kappa shape index (κ2) is 4.20. The fourth-order valence-electron chi connectivity index (χ4n) is 1.24. The first-order valence-corrected chi connectivity index (χ1v) is 5.01. The first kappa shape index (κ1) is 10.7. The van der Waals surface area contributed by atoms with Crippen LogP contribution in [-0.4, -0.2) is 6.54 Å². The summed E-state index contributed by atoms with van der Waals surface area (Å²) in [7, 11) is 0. The zero-order chi connectivity index (χ0) is 10.0. The topological polar surface area (TPSA) is 26.0 Å². The fourth-order valence-corrected chi connectivity index (χ4v) is 1.86. The molecule has 0 aliphatic rings. The van der Waals surface area contributed by atoms with E-state index in [1.165, 1.54) is 6.07 Å². The Morgan fingerprint density at radius 3 is 2.69 bits per heavy atom. The van der Waals surface area contributed by atoms with E-state index in [1.807, 2.05) is 19.9 Å². The van der Waals surface area contributed by atoms with E-state index in [0.29, 0.717) is 11.0 Å². The van der Waals surface area contributed by atoms with Gasteiger partial charge in [0.25, 0.3) is 0 Å². The van der Waals surface area contributed by atoms with E-state index < -0.39 is 0 Å². The van der Waals surface area contributed by atoms with Crippen LogP contribution in [0.1, 0.15) is 24.0 Å². The minimum atomic E-state index is -0.213. The third kappa shape index (κ3) is 2.29. The van der Waals surface area contributed by atoms with Gasteiger partial charge >= 0.3 is 0 Å². The summed E-state index contributed by atoms with van der Waals surface area (Å²) in [6, 6.07) is 3.47. The van der Waals surface area contributed by atoms with Gasteiger partial charge in [0.2, 0.25) is 0 Å². The molecule has 0 saturated heterocycles. The summed E-state index contributed by atoms with van der Waals surface area (Å²) < 4.78 is 13.8. The van der Waals surface area contributed by atoms with E-state index in [4.69, 9.17) is 5.73 Å². The van der Waals surface area contributed by atoms with Gasteiger partial charge in [0.05, 0.1) is 4.47 Å². The lowest BCUT2D eigenvalue weighted by atomic mass is 9.99. The predicted molar refractivity (Wildman–Crippen MR) is 56.3 cm³/mol. The predicted octanol–water partition coefficient (Wildman–Crippen LogP) is 2.96. The van der Waals surface area contributed by atoms with Crippen LogP contribution in [0.2, 0.25) is 0 Å². The molecule has 0 saturated carbocycles. The molecule has 0 aromatic heterocycles. The highest BCUT2D eigenvalue weighted by Crippen LogP contribution is 2.28. The summed E-state index contributed by atoms with van der Waals surface area (Å²) >= 11 is 3.23. The molecule has 0 bridgehead atoms. The molecule has 72 valence electrons. The number of nitrogens with two attached hydrogens (primary N) is 1. The van der Waals surface area contributed by atoms with E-state index in [9.17, 15) is 4.39 Å². The number of hydrogen-bond acceptors (Lipinski definition) is 1. The molecule has 0 heterocycles. The van der Waals surface area contributed by atoms with Gasteiger partial charge in [-0.15, -0.1) is 0 Å². The van der Waals surface area contributed by atoms with Crippen molar-refractivity contribution in [3.63, 3.8) is 0 Å². The van der Waals surface area contributed by atoms with E-state index >= 15 is 0 Å². The molecule has 2 N–H and O–H groups in total. The molecule has 1 unspecified atom stereocenters. The van der Waals surface area contributed by atoms with E-state index in [2.05, 4.69) is 15.9 Å². The Morgan fingerprint density at radius 1 is 1.54 bits per heavy atom. The number of benzene rings is 1. The Balaban J connectivity index is 3.20. The van der Waals surface area contributed by atoms with Gasteiger partial charge in [0, 0.05) is 0 Å². The minimum absolute atomic E-state index is 0.184. The zero-order valence-corrected chi connectivity index (χ0v) is 9.36. The highest BCUT2D eigenvalue weighted by molar-refractivity contribution is 9.10. The Morgan fingerprint density at radius 2 is 2.15 bits per heavy atom. The van der Waals surface area contributed by atoms with Crippen LogP contribution in [0.15, 0.2) is 16.6 Å². The van der Waals surface area contributed by atoms with Crippen molar-refractivity contribution in [3.8, 4) is 0 Å². The van der Waals surface area contributed by atoms with Crippen molar-refractivity contribution in [1.82, 2.24) is 0 Å². The van der Waals surface area contributed by atoms with Gasteiger partial charge in [-0.05, 0) is 52.5 Å². The summed E-state index contributed by atoms with van der Waals surface area (Å²) in [5, 5.41) is 0. The van der Waals surface area contributed by atoms with Crippen LogP contribution in [0.25, 0.3) is 0 Å². The molecule has 0 radical (unpaired) electrons. The standard InChI is InChI=1S/C10H13BrFN/c1-6-3-8(7(2)5-13)10(11)9(12)4-6/h3-4,7H,5,13H2,1-2H3. The van der Waals surface area contributed by atoms with Crippen molar-refractivity contribution < 1.29 is 4.39 Å². The first-order chi connectivity index (χ1) is 6.06. The van der Waals surface area contributed by atoms with Gasteiger partial charge in [-0.25, -0.2) is 4.39 Å². The van der Waals surface area contributed by atoms with E-state index in [-0.39, 0.29) is 11.7 Å². The number of halogens is 2. The summed E-state index contributed by atoms with van der Waals surface area (Å²) in [4.78, 5) is 0. The lowest BCUT2D eigenvalue weighted by molar-refractivity contribution is 0.612. The van der Waals surface area contributed by atoms with Crippen molar-refractivity contribution in [2.45, 2.75) is 19.8 Å². The molecule has 13 heavy (non-hydrogen) atoms. The monoisotopic (exact) mass is 245 g/mol. The molecule has 0 spiro atoms. The van der Waals surface area contributed by atoms with Crippen LogP contribution < -0.4 is 5.73 Å². The van der Waals surface area contributed by atoms with Crippen molar-refractivity contribution in [2.24, 2.45) is 5.73 Å². The Labute approximate surface area is 86.3 Å².